The first-order valence-electron chi connectivity index (χ1n) is 7.66. The maximum absolute atomic E-state index is 12.2. The molecule has 0 spiro atoms. The third kappa shape index (κ3) is 3.93. The highest BCUT2D eigenvalue weighted by atomic mass is 32.2. The van der Waals surface area contributed by atoms with E-state index in [2.05, 4.69) is 14.7 Å². The number of aromatic nitrogens is 2. The molecule has 3 aromatic rings. The summed E-state index contributed by atoms with van der Waals surface area (Å²) < 4.78 is 27.0. The molecule has 0 aliphatic rings. The van der Waals surface area contributed by atoms with E-state index in [0.29, 0.717) is 13.0 Å². The van der Waals surface area contributed by atoms with Gasteiger partial charge in [0, 0.05) is 6.54 Å². The lowest BCUT2D eigenvalue weighted by Gasteiger charge is -2.09. The zero-order valence-corrected chi connectivity index (χ0v) is 14.1. The zero-order valence-electron chi connectivity index (χ0n) is 13.3. The van der Waals surface area contributed by atoms with Gasteiger partial charge in [-0.2, -0.15) is 0 Å². The van der Waals surface area contributed by atoms with E-state index in [0.717, 1.165) is 27.7 Å². The summed E-state index contributed by atoms with van der Waals surface area (Å²) in [6.07, 6.45) is 0.552. The summed E-state index contributed by atoms with van der Waals surface area (Å²) in [5.74, 6) is -0.0240. The van der Waals surface area contributed by atoms with Gasteiger partial charge in [-0.3, -0.25) is 0 Å². The van der Waals surface area contributed by atoms with Gasteiger partial charge in [-0.25, -0.2) is 17.9 Å². The summed E-state index contributed by atoms with van der Waals surface area (Å²) in [6, 6.07) is 13.0. The number of hydrogen-bond acceptors (Lipinski definition) is 3. The molecule has 0 aliphatic carbocycles. The summed E-state index contributed by atoms with van der Waals surface area (Å²) in [6.45, 7) is 2.21. The molecule has 0 atom stereocenters. The third-order valence-corrected chi connectivity index (χ3v) is 5.26. The number of imidazole rings is 1. The Morgan fingerprint density at radius 1 is 1.04 bits per heavy atom. The molecule has 6 nitrogen and oxygen atoms in total. The molecular weight excluding hydrogens is 326 g/mol. The van der Waals surface area contributed by atoms with Gasteiger partial charge in [-0.05, 0) is 42.2 Å². The Labute approximate surface area is 140 Å². The van der Waals surface area contributed by atoms with E-state index in [1.165, 1.54) is 0 Å². The number of sulfonamides is 1. The Morgan fingerprint density at radius 2 is 1.79 bits per heavy atom. The fourth-order valence-electron chi connectivity index (χ4n) is 2.61. The SMILES string of the molecule is Cc1ccccc1CS(=O)(=O)NCCc1ccc2[nH]c(=O)[nH]c2c1. The average molecular weight is 345 g/mol. The maximum atomic E-state index is 12.2. The first-order valence-corrected chi connectivity index (χ1v) is 9.31. The minimum atomic E-state index is -3.38. The summed E-state index contributed by atoms with van der Waals surface area (Å²) in [4.78, 5) is 16.6. The molecule has 0 saturated heterocycles. The van der Waals surface area contributed by atoms with Crippen LogP contribution < -0.4 is 10.4 Å². The lowest BCUT2D eigenvalue weighted by Crippen LogP contribution is -2.27. The minimum absolute atomic E-state index is 0.0240. The molecule has 0 aliphatic heterocycles. The second kappa shape index (κ2) is 6.62. The molecule has 1 aromatic heterocycles. The Hall–Kier alpha value is -2.38. The number of benzene rings is 2. The van der Waals surface area contributed by atoms with Crippen LogP contribution >= 0.6 is 0 Å². The quantitative estimate of drug-likeness (QED) is 0.636. The van der Waals surface area contributed by atoms with Crippen molar-refractivity contribution in [2.24, 2.45) is 0 Å². The van der Waals surface area contributed by atoms with Crippen LogP contribution in [0.15, 0.2) is 47.3 Å². The predicted octanol–water partition coefficient (Wildman–Crippen LogP) is 1.83. The van der Waals surface area contributed by atoms with Crippen molar-refractivity contribution in [2.45, 2.75) is 19.1 Å². The monoisotopic (exact) mass is 345 g/mol. The Kier molecular flexibility index (Phi) is 4.55. The van der Waals surface area contributed by atoms with Crippen LogP contribution in [0.2, 0.25) is 0 Å². The van der Waals surface area contributed by atoms with Gasteiger partial charge in [0.1, 0.15) is 0 Å². The van der Waals surface area contributed by atoms with E-state index in [1.807, 2.05) is 49.4 Å². The number of aryl methyl sites for hydroxylation is 1. The van der Waals surface area contributed by atoms with Gasteiger partial charge in [0.25, 0.3) is 0 Å². The lowest BCUT2D eigenvalue weighted by atomic mass is 10.1. The van der Waals surface area contributed by atoms with E-state index in [9.17, 15) is 13.2 Å². The molecule has 7 heteroatoms. The molecule has 0 radical (unpaired) electrons. The number of rotatable bonds is 6. The van der Waals surface area contributed by atoms with E-state index in [-0.39, 0.29) is 11.4 Å². The highest BCUT2D eigenvalue weighted by Gasteiger charge is 2.12. The molecule has 0 unspecified atom stereocenters. The van der Waals surface area contributed by atoms with Crippen molar-refractivity contribution >= 4 is 21.1 Å². The Morgan fingerprint density at radius 3 is 2.58 bits per heavy atom. The van der Waals surface area contributed by atoms with Crippen LogP contribution in [0.1, 0.15) is 16.7 Å². The normalized spacial score (nSPS) is 11.9. The second-order valence-electron chi connectivity index (χ2n) is 5.79. The van der Waals surface area contributed by atoms with E-state index in [1.54, 1.807) is 0 Å². The van der Waals surface area contributed by atoms with Crippen molar-refractivity contribution < 1.29 is 8.42 Å². The topological polar surface area (TPSA) is 94.8 Å². The van der Waals surface area contributed by atoms with Crippen molar-refractivity contribution in [2.75, 3.05) is 6.54 Å². The lowest BCUT2D eigenvalue weighted by molar-refractivity contribution is 0.580. The van der Waals surface area contributed by atoms with E-state index in [4.69, 9.17) is 0 Å². The Balaban J connectivity index is 1.62. The van der Waals surface area contributed by atoms with Crippen molar-refractivity contribution in [3.63, 3.8) is 0 Å². The van der Waals surface area contributed by atoms with Crippen molar-refractivity contribution in [1.82, 2.24) is 14.7 Å². The molecule has 0 saturated carbocycles. The van der Waals surface area contributed by atoms with Crippen LogP contribution in [0, 0.1) is 6.92 Å². The van der Waals surface area contributed by atoms with Gasteiger partial charge < -0.3 is 9.97 Å². The second-order valence-corrected chi connectivity index (χ2v) is 7.60. The highest BCUT2D eigenvalue weighted by molar-refractivity contribution is 7.88. The van der Waals surface area contributed by atoms with Crippen LogP contribution in [0.3, 0.4) is 0 Å². The molecule has 0 fully saturated rings. The molecular formula is C17H19N3O3S. The number of hydrogen-bond donors (Lipinski definition) is 3. The average Bonchev–Trinajstić information content (AvgIpc) is 2.88. The largest absolute Gasteiger partial charge is 0.323 e. The smallest absolute Gasteiger partial charge is 0.306 e. The van der Waals surface area contributed by atoms with Gasteiger partial charge >= 0.3 is 5.69 Å². The first-order chi connectivity index (χ1) is 11.4. The summed E-state index contributed by atoms with van der Waals surface area (Å²) >= 11 is 0. The van der Waals surface area contributed by atoms with E-state index < -0.39 is 10.0 Å². The summed E-state index contributed by atoms with van der Waals surface area (Å²) in [5, 5.41) is 0. The van der Waals surface area contributed by atoms with Gasteiger partial charge in [0.2, 0.25) is 10.0 Å². The predicted molar refractivity (Wildman–Crippen MR) is 94.4 cm³/mol. The fraction of sp³-hybridized carbons (Fsp3) is 0.235. The van der Waals surface area contributed by atoms with Crippen molar-refractivity contribution in [1.29, 1.82) is 0 Å². The third-order valence-electron chi connectivity index (χ3n) is 3.92. The van der Waals surface area contributed by atoms with Crippen LogP contribution in [0.5, 0.6) is 0 Å². The van der Waals surface area contributed by atoms with Gasteiger partial charge in [-0.15, -0.1) is 0 Å². The van der Waals surface area contributed by atoms with Gasteiger partial charge in [0.05, 0.1) is 16.8 Å². The van der Waals surface area contributed by atoms with Crippen LogP contribution in [0.4, 0.5) is 0 Å². The Bertz CT molecular complexity index is 1020. The van der Waals surface area contributed by atoms with Crippen LogP contribution in [-0.2, 0) is 22.2 Å². The maximum Gasteiger partial charge on any atom is 0.323 e. The van der Waals surface area contributed by atoms with Crippen molar-refractivity contribution in [3.8, 4) is 0 Å². The van der Waals surface area contributed by atoms with E-state index >= 15 is 0 Å². The standard InChI is InChI=1S/C17H19N3O3S/c1-12-4-2-3-5-14(12)11-24(22,23)18-9-8-13-6-7-15-16(10-13)20-17(21)19-15/h2-7,10,18H,8-9,11H2,1H3,(H2,19,20,21). The molecule has 3 rings (SSSR count). The summed E-state index contributed by atoms with van der Waals surface area (Å²) in [7, 11) is -3.38. The molecule has 0 bridgehead atoms. The van der Waals surface area contributed by atoms with Crippen molar-refractivity contribution in [3.05, 3.63) is 69.6 Å². The zero-order chi connectivity index (χ0) is 17.2. The van der Waals surface area contributed by atoms with Crippen LogP contribution in [0.25, 0.3) is 11.0 Å². The molecule has 0 amide bonds. The minimum Gasteiger partial charge on any atom is -0.306 e. The summed E-state index contributed by atoms with van der Waals surface area (Å²) in [5.41, 5.74) is 3.93. The highest BCUT2D eigenvalue weighted by Crippen LogP contribution is 2.12. The first kappa shape index (κ1) is 16.5. The number of nitrogens with one attached hydrogen (secondary N) is 3. The molecule has 2 aromatic carbocycles. The molecule has 126 valence electrons. The fourth-order valence-corrected chi connectivity index (χ4v) is 3.86. The number of H-pyrrole nitrogens is 2. The molecule has 3 N–H and O–H groups in total. The van der Waals surface area contributed by atoms with Gasteiger partial charge in [0.15, 0.2) is 0 Å². The van der Waals surface area contributed by atoms with Gasteiger partial charge in [-0.1, -0.05) is 30.3 Å². The van der Waals surface area contributed by atoms with Crippen LogP contribution in [-0.4, -0.2) is 24.9 Å². The molecule has 1 heterocycles. The number of aromatic amines is 2. The molecule has 24 heavy (non-hydrogen) atoms. The number of fused-ring (bicyclic) bond motifs is 1.